The first-order valence-corrected chi connectivity index (χ1v) is 11.8. The van der Waals surface area contributed by atoms with E-state index in [9.17, 15) is 35.5 Å². The van der Waals surface area contributed by atoms with E-state index in [4.69, 9.17) is 40.1 Å². The van der Waals surface area contributed by atoms with E-state index in [0.717, 1.165) is 18.2 Å². The number of carbonyl (C=O) groups is 1. The van der Waals surface area contributed by atoms with Crippen LogP contribution in [-0.2, 0) is 6.18 Å². The summed E-state index contributed by atoms with van der Waals surface area (Å²) in [7, 11) is 0. The standard InChI is InChI=1S/C26H14Cl3F7N2O/c27-20-8-15(9-21(28)24(20)29)18(25(31,32)33)10-22(30)14-3-6-17(19(7-14)26(34,35)36)23(39)12-38-16-4-1-13(11-37)2-5-16/h1-10,18,38H,12H2/b22-10-. The van der Waals surface area contributed by atoms with Crippen molar-refractivity contribution in [1.29, 1.82) is 5.26 Å². The van der Waals surface area contributed by atoms with Crippen LogP contribution in [0.4, 0.5) is 36.4 Å². The Balaban J connectivity index is 1.96. The fraction of sp³-hybridized carbons (Fsp3) is 0.154. The Morgan fingerprint density at radius 2 is 1.54 bits per heavy atom. The fourth-order valence-corrected chi connectivity index (χ4v) is 4.10. The zero-order chi connectivity index (χ0) is 29.1. The van der Waals surface area contributed by atoms with Gasteiger partial charge in [0.15, 0.2) is 5.78 Å². The molecule has 0 saturated heterocycles. The largest absolute Gasteiger partial charge is 0.417 e. The second kappa shape index (κ2) is 11.9. The zero-order valence-electron chi connectivity index (χ0n) is 19.2. The van der Waals surface area contributed by atoms with Crippen molar-refractivity contribution >= 4 is 52.1 Å². The third-order valence-electron chi connectivity index (χ3n) is 5.40. The Kier molecular flexibility index (Phi) is 9.21. The number of alkyl halides is 6. The smallest absolute Gasteiger partial charge is 0.378 e. The van der Waals surface area contributed by atoms with Crippen LogP contribution in [0.1, 0.15) is 38.5 Å². The number of ketones is 1. The predicted octanol–water partition coefficient (Wildman–Crippen LogP) is 9.49. The number of rotatable bonds is 7. The van der Waals surface area contributed by atoms with Gasteiger partial charge >= 0.3 is 12.4 Å². The lowest BCUT2D eigenvalue weighted by molar-refractivity contribution is -0.140. The van der Waals surface area contributed by atoms with Crippen molar-refractivity contribution in [3.63, 3.8) is 0 Å². The monoisotopic (exact) mass is 608 g/mol. The molecule has 204 valence electrons. The van der Waals surface area contributed by atoms with Gasteiger partial charge in [-0.2, -0.15) is 31.6 Å². The Labute approximate surface area is 232 Å². The van der Waals surface area contributed by atoms with E-state index >= 15 is 0 Å². The molecule has 1 atom stereocenters. The van der Waals surface area contributed by atoms with Gasteiger partial charge in [0.25, 0.3) is 0 Å². The minimum atomic E-state index is -5.13. The molecule has 1 unspecified atom stereocenters. The van der Waals surface area contributed by atoms with Crippen molar-refractivity contribution in [3.8, 4) is 6.07 Å². The van der Waals surface area contributed by atoms with Crippen LogP contribution in [0, 0.1) is 11.3 Å². The first-order chi connectivity index (χ1) is 18.1. The Bertz CT molecular complexity index is 1440. The maximum absolute atomic E-state index is 15.0. The molecule has 0 radical (unpaired) electrons. The molecule has 3 nitrogen and oxygen atoms in total. The molecule has 0 aliphatic heterocycles. The number of nitrogens with one attached hydrogen (secondary N) is 1. The SMILES string of the molecule is N#Cc1ccc(NCC(=O)c2ccc(/C(F)=C/C(c3cc(Cl)c(Cl)c(Cl)c3)C(F)(F)F)cc2C(F)(F)F)cc1. The first kappa shape index (κ1) is 30.3. The van der Waals surface area contributed by atoms with E-state index in [1.807, 2.05) is 6.07 Å². The maximum Gasteiger partial charge on any atom is 0.417 e. The average Bonchev–Trinajstić information content (AvgIpc) is 2.87. The summed E-state index contributed by atoms with van der Waals surface area (Å²) in [5.74, 6) is -5.27. The van der Waals surface area contributed by atoms with Crippen molar-refractivity contribution in [2.75, 3.05) is 11.9 Å². The number of benzene rings is 3. The molecule has 0 aromatic heterocycles. The predicted molar refractivity (Wildman–Crippen MR) is 135 cm³/mol. The Morgan fingerprint density at radius 1 is 0.949 bits per heavy atom. The topological polar surface area (TPSA) is 52.9 Å². The summed E-state index contributed by atoms with van der Waals surface area (Å²) in [5, 5.41) is 10.5. The lowest BCUT2D eigenvalue weighted by Gasteiger charge is -2.19. The number of hydrogen-bond acceptors (Lipinski definition) is 3. The molecule has 3 aromatic carbocycles. The van der Waals surface area contributed by atoms with Gasteiger partial charge in [-0.25, -0.2) is 4.39 Å². The number of hydrogen-bond donors (Lipinski definition) is 1. The van der Waals surface area contributed by atoms with E-state index in [1.54, 1.807) is 0 Å². The molecule has 3 aromatic rings. The molecule has 0 bridgehead atoms. The van der Waals surface area contributed by atoms with Gasteiger partial charge < -0.3 is 5.32 Å². The van der Waals surface area contributed by atoms with E-state index < -0.39 is 58.7 Å². The van der Waals surface area contributed by atoms with Crippen molar-refractivity contribution in [2.24, 2.45) is 0 Å². The van der Waals surface area contributed by atoms with Crippen LogP contribution < -0.4 is 5.32 Å². The third-order valence-corrected chi connectivity index (χ3v) is 6.60. The van der Waals surface area contributed by atoms with E-state index in [0.29, 0.717) is 17.3 Å². The van der Waals surface area contributed by atoms with Crippen LogP contribution in [0.2, 0.25) is 15.1 Å². The van der Waals surface area contributed by atoms with Gasteiger partial charge in [-0.1, -0.05) is 46.9 Å². The molecule has 0 aliphatic carbocycles. The van der Waals surface area contributed by atoms with Gasteiger partial charge in [-0.3, -0.25) is 4.79 Å². The number of carbonyl (C=O) groups excluding carboxylic acids is 1. The third kappa shape index (κ3) is 7.44. The molecule has 0 fully saturated rings. The van der Waals surface area contributed by atoms with Crippen LogP contribution in [0.25, 0.3) is 5.83 Å². The average molecular weight is 610 g/mol. The second-order valence-corrected chi connectivity index (χ2v) is 9.25. The van der Waals surface area contributed by atoms with Crippen molar-refractivity contribution in [1.82, 2.24) is 0 Å². The highest BCUT2D eigenvalue weighted by atomic mass is 35.5. The quantitative estimate of drug-likeness (QED) is 0.165. The molecule has 0 spiro atoms. The first-order valence-electron chi connectivity index (χ1n) is 10.7. The fourth-order valence-electron chi connectivity index (χ4n) is 3.49. The molecule has 0 amide bonds. The number of Topliss-reactive ketones (excluding diaryl/α,β-unsaturated/α-hetero) is 1. The molecule has 1 N–H and O–H groups in total. The Hall–Kier alpha value is -3.26. The molecule has 3 rings (SSSR count). The molecule has 0 heterocycles. The maximum atomic E-state index is 15.0. The summed E-state index contributed by atoms with van der Waals surface area (Å²) in [5.41, 5.74) is -3.10. The summed E-state index contributed by atoms with van der Waals surface area (Å²) in [6.07, 6.45) is -10.1. The summed E-state index contributed by atoms with van der Waals surface area (Å²) in [4.78, 5) is 12.6. The van der Waals surface area contributed by atoms with Crippen LogP contribution in [0.15, 0.2) is 60.7 Å². The molecular formula is C26H14Cl3F7N2O. The number of anilines is 1. The van der Waals surface area contributed by atoms with Gasteiger partial charge in [0, 0.05) is 16.8 Å². The summed E-state index contributed by atoms with van der Waals surface area (Å²) < 4.78 is 97.6. The highest BCUT2D eigenvalue weighted by Crippen LogP contribution is 2.42. The summed E-state index contributed by atoms with van der Waals surface area (Å²) in [6.45, 7) is -0.582. The summed E-state index contributed by atoms with van der Waals surface area (Å²) >= 11 is 17.3. The molecule has 0 saturated carbocycles. The van der Waals surface area contributed by atoms with Gasteiger partial charge in [0.2, 0.25) is 0 Å². The second-order valence-electron chi connectivity index (χ2n) is 8.06. The van der Waals surface area contributed by atoms with Crippen molar-refractivity contribution < 1.29 is 35.5 Å². The molecule has 13 heteroatoms. The lowest BCUT2D eigenvalue weighted by atomic mass is 9.95. The van der Waals surface area contributed by atoms with Crippen molar-refractivity contribution in [2.45, 2.75) is 18.3 Å². The molecule has 0 aliphatic rings. The van der Waals surface area contributed by atoms with E-state index in [1.165, 1.54) is 24.3 Å². The van der Waals surface area contributed by atoms with E-state index in [2.05, 4.69) is 5.32 Å². The van der Waals surface area contributed by atoms with Gasteiger partial charge in [0.1, 0.15) is 11.7 Å². The number of nitriles is 1. The highest BCUT2D eigenvalue weighted by Gasteiger charge is 2.41. The Morgan fingerprint density at radius 3 is 2.05 bits per heavy atom. The van der Waals surface area contributed by atoms with Gasteiger partial charge in [-0.05, 0) is 54.1 Å². The summed E-state index contributed by atoms with van der Waals surface area (Å²) in [6, 6.07) is 11.0. The molecule has 39 heavy (non-hydrogen) atoms. The minimum absolute atomic E-state index is 0.0827. The zero-order valence-corrected chi connectivity index (χ0v) is 21.5. The van der Waals surface area contributed by atoms with Crippen molar-refractivity contribution in [3.05, 3.63) is 104 Å². The van der Waals surface area contributed by atoms with Crippen LogP contribution in [0.3, 0.4) is 0 Å². The normalized spacial score (nSPS) is 13.1. The van der Waals surface area contributed by atoms with Gasteiger partial charge in [-0.15, -0.1) is 0 Å². The number of nitrogens with zero attached hydrogens (tertiary/aromatic N) is 1. The van der Waals surface area contributed by atoms with E-state index in [-0.39, 0.29) is 27.2 Å². The number of allylic oxidation sites excluding steroid dienone is 1. The number of halogens is 10. The highest BCUT2D eigenvalue weighted by molar-refractivity contribution is 6.48. The van der Waals surface area contributed by atoms with Crippen LogP contribution in [-0.4, -0.2) is 18.5 Å². The van der Waals surface area contributed by atoms with Crippen LogP contribution in [0.5, 0.6) is 0 Å². The lowest BCUT2D eigenvalue weighted by Crippen LogP contribution is -2.20. The van der Waals surface area contributed by atoms with Crippen LogP contribution >= 0.6 is 34.8 Å². The minimum Gasteiger partial charge on any atom is -0.378 e. The van der Waals surface area contributed by atoms with Gasteiger partial charge in [0.05, 0.1) is 38.8 Å². The molecular weight excluding hydrogens is 596 g/mol.